The molecule has 2 aliphatic heterocycles. The fourth-order valence-electron chi connectivity index (χ4n) is 2.69. The maximum Gasteiger partial charge on any atom is 0.490 e. The number of rotatable bonds is 1. The number of nitrogens with zero attached hydrogens (tertiary/aromatic N) is 2. The molecule has 0 saturated carbocycles. The minimum absolute atomic E-state index is 0.127. The zero-order valence-corrected chi connectivity index (χ0v) is 12.1. The topological polar surface area (TPSA) is 82.5 Å². The minimum atomic E-state index is -5.08. The molecule has 2 N–H and O–H groups in total. The van der Waals surface area contributed by atoms with Crippen LogP contribution in [0, 0.1) is 11.8 Å². The summed E-state index contributed by atoms with van der Waals surface area (Å²) in [6.45, 7) is 3.90. The molecule has 3 heterocycles. The van der Waals surface area contributed by atoms with Gasteiger partial charge in [0.2, 0.25) is 0 Å². The van der Waals surface area contributed by atoms with Gasteiger partial charge < -0.3 is 15.3 Å². The molecule has 23 heavy (non-hydrogen) atoms. The Hall–Kier alpha value is -2.16. The largest absolute Gasteiger partial charge is 0.490 e. The first-order valence-corrected chi connectivity index (χ1v) is 6.99. The standard InChI is InChI=1S/C12H15N3O.C2HF3O2/c16-12(9-2-1-3-13-4-9)15-7-10-5-14-6-11(10)8-15;3-2(4,5)1(6)7/h1-4,10-11,14H,5-8H2;(H,6,7). The molecular weight excluding hydrogens is 315 g/mol. The number of fused-ring (bicyclic) bond motifs is 1. The van der Waals surface area contributed by atoms with Gasteiger partial charge in [0.05, 0.1) is 5.56 Å². The Morgan fingerprint density at radius 2 is 1.83 bits per heavy atom. The van der Waals surface area contributed by atoms with Crippen molar-refractivity contribution in [3.63, 3.8) is 0 Å². The number of carbonyl (C=O) groups excluding carboxylic acids is 1. The average Bonchev–Trinajstić information content (AvgIpc) is 3.08. The second-order valence-electron chi connectivity index (χ2n) is 5.43. The van der Waals surface area contributed by atoms with E-state index in [1.807, 2.05) is 17.0 Å². The van der Waals surface area contributed by atoms with Crippen molar-refractivity contribution in [2.75, 3.05) is 26.2 Å². The van der Waals surface area contributed by atoms with Gasteiger partial charge in [0, 0.05) is 38.6 Å². The van der Waals surface area contributed by atoms with Gasteiger partial charge in [0.15, 0.2) is 0 Å². The predicted molar refractivity (Wildman–Crippen MR) is 73.7 cm³/mol. The first-order chi connectivity index (χ1) is 10.8. The molecule has 0 aliphatic carbocycles. The third-order valence-corrected chi connectivity index (χ3v) is 3.83. The Balaban J connectivity index is 0.000000236. The van der Waals surface area contributed by atoms with Crippen LogP contribution in [-0.2, 0) is 4.79 Å². The minimum Gasteiger partial charge on any atom is -0.475 e. The highest BCUT2D eigenvalue weighted by Crippen LogP contribution is 2.27. The molecular formula is C14H16F3N3O3. The van der Waals surface area contributed by atoms with Crippen molar-refractivity contribution in [3.8, 4) is 0 Å². The fourth-order valence-corrected chi connectivity index (χ4v) is 2.69. The number of carbonyl (C=O) groups is 2. The summed E-state index contributed by atoms with van der Waals surface area (Å²) >= 11 is 0. The SMILES string of the molecule is O=C(O)C(F)(F)F.O=C(c1cccnc1)N1CC2CNCC2C1. The van der Waals surface area contributed by atoms with Gasteiger partial charge in [-0.15, -0.1) is 0 Å². The second kappa shape index (κ2) is 6.95. The Morgan fingerprint density at radius 1 is 1.26 bits per heavy atom. The Kier molecular flexibility index (Phi) is 5.19. The summed E-state index contributed by atoms with van der Waals surface area (Å²) in [7, 11) is 0. The number of aromatic nitrogens is 1. The van der Waals surface area contributed by atoms with Crippen LogP contribution in [0.5, 0.6) is 0 Å². The van der Waals surface area contributed by atoms with Crippen molar-refractivity contribution >= 4 is 11.9 Å². The van der Waals surface area contributed by atoms with E-state index in [0.717, 1.165) is 26.2 Å². The fraction of sp³-hybridized carbons (Fsp3) is 0.500. The lowest BCUT2D eigenvalue weighted by Gasteiger charge is -2.17. The van der Waals surface area contributed by atoms with Crippen LogP contribution in [-0.4, -0.2) is 59.2 Å². The number of aliphatic carboxylic acids is 1. The summed E-state index contributed by atoms with van der Waals surface area (Å²) in [5.41, 5.74) is 0.704. The number of carboxylic acids is 1. The molecule has 0 bridgehead atoms. The van der Waals surface area contributed by atoms with Crippen molar-refractivity contribution in [1.29, 1.82) is 0 Å². The van der Waals surface area contributed by atoms with E-state index in [4.69, 9.17) is 9.90 Å². The summed E-state index contributed by atoms with van der Waals surface area (Å²) in [5.74, 6) is -1.32. The summed E-state index contributed by atoms with van der Waals surface area (Å²) < 4.78 is 31.7. The summed E-state index contributed by atoms with van der Waals surface area (Å²) in [4.78, 5) is 27.0. The van der Waals surface area contributed by atoms with E-state index < -0.39 is 12.1 Å². The van der Waals surface area contributed by atoms with Crippen LogP contribution in [0.25, 0.3) is 0 Å². The average molecular weight is 331 g/mol. The first-order valence-electron chi connectivity index (χ1n) is 6.99. The van der Waals surface area contributed by atoms with Gasteiger partial charge in [-0.1, -0.05) is 0 Å². The molecule has 1 amide bonds. The molecule has 9 heteroatoms. The number of carboxylic acid groups (broad SMARTS) is 1. The lowest BCUT2D eigenvalue weighted by atomic mass is 10.0. The molecule has 0 radical (unpaired) electrons. The van der Waals surface area contributed by atoms with Gasteiger partial charge in [-0.2, -0.15) is 13.2 Å². The molecule has 0 aromatic carbocycles. The summed E-state index contributed by atoms with van der Waals surface area (Å²) in [6, 6.07) is 3.65. The lowest BCUT2D eigenvalue weighted by molar-refractivity contribution is -0.192. The second-order valence-corrected chi connectivity index (χ2v) is 5.43. The zero-order valence-electron chi connectivity index (χ0n) is 12.1. The van der Waals surface area contributed by atoms with Crippen LogP contribution in [0.1, 0.15) is 10.4 Å². The van der Waals surface area contributed by atoms with Gasteiger partial charge in [-0.05, 0) is 24.0 Å². The van der Waals surface area contributed by atoms with E-state index >= 15 is 0 Å². The molecule has 126 valence electrons. The van der Waals surface area contributed by atoms with E-state index in [1.54, 1.807) is 12.4 Å². The number of nitrogens with one attached hydrogen (secondary N) is 1. The first kappa shape index (κ1) is 17.2. The van der Waals surface area contributed by atoms with Gasteiger partial charge in [0.25, 0.3) is 5.91 Å². The molecule has 0 spiro atoms. The van der Waals surface area contributed by atoms with E-state index in [0.29, 0.717) is 17.4 Å². The number of pyridine rings is 1. The number of amides is 1. The summed E-state index contributed by atoms with van der Waals surface area (Å²) in [5, 5.41) is 10.5. The molecule has 2 atom stereocenters. The van der Waals surface area contributed by atoms with E-state index in [-0.39, 0.29) is 5.91 Å². The van der Waals surface area contributed by atoms with Gasteiger partial charge in [-0.25, -0.2) is 4.79 Å². The third-order valence-electron chi connectivity index (χ3n) is 3.83. The lowest BCUT2D eigenvalue weighted by Crippen LogP contribution is -2.31. The molecule has 1 aromatic rings. The Labute approximate surface area is 130 Å². The van der Waals surface area contributed by atoms with Crippen molar-refractivity contribution in [3.05, 3.63) is 30.1 Å². The van der Waals surface area contributed by atoms with Crippen LogP contribution in [0.15, 0.2) is 24.5 Å². The van der Waals surface area contributed by atoms with Crippen molar-refractivity contribution in [2.45, 2.75) is 6.18 Å². The molecule has 1 aromatic heterocycles. The normalized spacial score (nSPS) is 23.0. The highest BCUT2D eigenvalue weighted by atomic mass is 19.4. The molecule has 2 aliphatic rings. The number of hydrogen-bond donors (Lipinski definition) is 2. The van der Waals surface area contributed by atoms with E-state index in [2.05, 4.69) is 10.3 Å². The molecule has 6 nitrogen and oxygen atoms in total. The highest BCUT2D eigenvalue weighted by molar-refractivity contribution is 5.94. The smallest absolute Gasteiger partial charge is 0.475 e. The van der Waals surface area contributed by atoms with Crippen molar-refractivity contribution in [1.82, 2.24) is 15.2 Å². The number of alkyl halides is 3. The Morgan fingerprint density at radius 3 is 2.26 bits per heavy atom. The van der Waals surface area contributed by atoms with Gasteiger partial charge in [0.1, 0.15) is 0 Å². The third kappa shape index (κ3) is 4.41. The van der Waals surface area contributed by atoms with Crippen LogP contribution < -0.4 is 5.32 Å². The van der Waals surface area contributed by atoms with Crippen molar-refractivity contribution in [2.24, 2.45) is 11.8 Å². The number of likely N-dealkylation sites (tertiary alicyclic amines) is 1. The number of halogens is 3. The monoisotopic (exact) mass is 331 g/mol. The molecule has 2 fully saturated rings. The van der Waals surface area contributed by atoms with Gasteiger partial charge >= 0.3 is 12.1 Å². The van der Waals surface area contributed by atoms with Crippen LogP contribution in [0.3, 0.4) is 0 Å². The summed E-state index contributed by atoms with van der Waals surface area (Å²) in [6.07, 6.45) is -1.74. The molecule has 2 saturated heterocycles. The maximum absolute atomic E-state index is 12.1. The predicted octanol–water partition coefficient (Wildman–Crippen LogP) is 1.01. The van der Waals surface area contributed by atoms with Crippen LogP contribution >= 0.6 is 0 Å². The van der Waals surface area contributed by atoms with Crippen molar-refractivity contribution < 1.29 is 27.9 Å². The van der Waals surface area contributed by atoms with E-state index in [9.17, 15) is 18.0 Å². The quantitative estimate of drug-likeness (QED) is 0.802. The molecule has 3 rings (SSSR count). The Bertz CT molecular complexity index is 553. The van der Waals surface area contributed by atoms with Crippen LogP contribution in [0.4, 0.5) is 13.2 Å². The zero-order chi connectivity index (χ0) is 17.0. The number of hydrogen-bond acceptors (Lipinski definition) is 4. The van der Waals surface area contributed by atoms with Crippen LogP contribution in [0.2, 0.25) is 0 Å². The van der Waals surface area contributed by atoms with Gasteiger partial charge in [-0.3, -0.25) is 9.78 Å². The highest BCUT2D eigenvalue weighted by Gasteiger charge is 2.38. The van der Waals surface area contributed by atoms with E-state index in [1.165, 1.54) is 0 Å². The molecule has 2 unspecified atom stereocenters. The maximum atomic E-state index is 12.1.